The molecule has 0 bridgehead atoms. The second kappa shape index (κ2) is 14.9. The first-order chi connectivity index (χ1) is 14.5. The molecule has 182 valence electrons. The molecule has 0 aliphatic carbocycles. The number of ether oxygens (including phenoxy) is 1. The molecule has 2 amide bonds. The first kappa shape index (κ1) is 30.0. The van der Waals surface area contributed by atoms with Gasteiger partial charge in [0, 0.05) is 45.3 Å². The van der Waals surface area contributed by atoms with Crippen LogP contribution in [0, 0.1) is 5.92 Å². The van der Waals surface area contributed by atoms with Crippen LogP contribution in [0.3, 0.4) is 0 Å². The molecule has 0 aromatic heterocycles. The third-order valence-electron chi connectivity index (χ3n) is 4.59. The van der Waals surface area contributed by atoms with Gasteiger partial charge >= 0.3 is 6.09 Å². The van der Waals surface area contributed by atoms with Crippen molar-refractivity contribution in [1.29, 1.82) is 0 Å². The lowest BCUT2D eigenvalue weighted by Gasteiger charge is -2.28. The van der Waals surface area contributed by atoms with Crippen LogP contribution in [0.25, 0.3) is 0 Å². The van der Waals surface area contributed by atoms with Crippen molar-refractivity contribution in [2.75, 3.05) is 33.7 Å². The van der Waals surface area contributed by atoms with Crippen LogP contribution in [0.2, 0.25) is 0 Å². The quantitative estimate of drug-likeness (QED) is 0.186. The molecule has 9 heteroatoms. The molecule has 3 N–H and O–H groups in total. The van der Waals surface area contributed by atoms with Crippen LogP contribution in [0.1, 0.15) is 51.4 Å². The van der Waals surface area contributed by atoms with Crippen molar-refractivity contribution in [2.45, 2.75) is 52.7 Å². The Labute approximate surface area is 210 Å². The lowest BCUT2D eigenvalue weighted by molar-refractivity contribution is 0.0485. The highest BCUT2D eigenvalue weighted by atomic mass is 127. The Hall–Kier alpha value is -2.04. The van der Waals surface area contributed by atoms with E-state index in [4.69, 9.17) is 4.74 Å². The zero-order valence-corrected chi connectivity index (χ0v) is 22.7. The van der Waals surface area contributed by atoms with Crippen LogP contribution in [0.5, 0.6) is 0 Å². The molecule has 0 spiro atoms. The van der Waals surface area contributed by atoms with E-state index in [0.717, 1.165) is 12.4 Å². The molecule has 1 aromatic rings. The van der Waals surface area contributed by atoms with Gasteiger partial charge in [0.1, 0.15) is 5.60 Å². The molecule has 0 aliphatic heterocycles. The summed E-state index contributed by atoms with van der Waals surface area (Å²) in [6.45, 7) is 11.4. The fraction of sp³-hybridized carbons (Fsp3) is 0.609. The van der Waals surface area contributed by atoms with Crippen LogP contribution in [0.15, 0.2) is 35.3 Å². The largest absolute Gasteiger partial charge is 0.444 e. The number of benzene rings is 1. The molecule has 1 atom stereocenters. The predicted octanol–water partition coefficient (Wildman–Crippen LogP) is 3.48. The number of rotatable bonds is 9. The highest BCUT2D eigenvalue weighted by Gasteiger charge is 2.22. The van der Waals surface area contributed by atoms with E-state index < -0.39 is 11.7 Å². The Morgan fingerprint density at radius 3 is 2.22 bits per heavy atom. The summed E-state index contributed by atoms with van der Waals surface area (Å²) in [5, 5.41) is 9.11. The minimum Gasteiger partial charge on any atom is -0.444 e. The number of halogens is 1. The summed E-state index contributed by atoms with van der Waals surface area (Å²) in [4.78, 5) is 30.5. The van der Waals surface area contributed by atoms with Gasteiger partial charge in [-0.25, -0.2) is 4.79 Å². The molecule has 0 saturated carbocycles. The summed E-state index contributed by atoms with van der Waals surface area (Å²) in [6.07, 6.45) is 0.351. The van der Waals surface area contributed by atoms with Crippen molar-refractivity contribution < 1.29 is 14.3 Å². The van der Waals surface area contributed by atoms with E-state index >= 15 is 0 Å². The first-order valence-corrected chi connectivity index (χ1v) is 10.8. The summed E-state index contributed by atoms with van der Waals surface area (Å²) in [6, 6.07) is 9.11. The van der Waals surface area contributed by atoms with Gasteiger partial charge < -0.3 is 25.6 Å². The summed E-state index contributed by atoms with van der Waals surface area (Å²) in [5.74, 6) is 0.900. The number of hydrogen-bond acceptors (Lipinski definition) is 4. The number of carbonyl (C=O) groups is 2. The van der Waals surface area contributed by atoms with E-state index in [0.29, 0.717) is 25.2 Å². The van der Waals surface area contributed by atoms with Gasteiger partial charge in [0.25, 0.3) is 5.91 Å². The monoisotopic (exact) mass is 561 g/mol. The predicted molar refractivity (Wildman–Crippen MR) is 141 cm³/mol. The van der Waals surface area contributed by atoms with Gasteiger partial charge in [0.15, 0.2) is 5.96 Å². The maximum atomic E-state index is 12.1. The van der Waals surface area contributed by atoms with Crippen molar-refractivity contribution in [1.82, 2.24) is 20.9 Å². The molecule has 0 heterocycles. The second-order valence-electron chi connectivity index (χ2n) is 8.80. The first-order valence-electron chi connectivity index (χ1n) is 10.8. The van der Waals surface area contributed by atoms with E-state index in [-0.39, 0.29) is 41.8 Å². The van der Waals surface area contributed by atoms with Crippen molar-refractivity contribution >= 4 is 41.9 Å². The molecule has 0 fully saturated rings. The van der Waals surface area contributed by atoms with Crippen LogP contribution in [-0.4, -0.2) is 68.2 Å². The number of guanidine groups is 1. The smallest absolute Gasteiger partial charge is 0.407 e. The Morgan fingerprint density at radius 1 is 1.09 bits per heavy atom. The minimum absolute atomic E-state index is 0. The molecular weight excluding hydrogens is 521 g/mol. The van der Waals surface area contributed by atoms with Crippen molar-refractivity contribution in [3.63, 3.8) is 0 Å². The van der Waals surface area contributed by atoms with Crippen LogP contribution >= 0.6 is 24.0 Å². The van der Waals surface area contributed by atoms with E-state index in [2.05, 4.69) is 34.8 Å². The SMILES string of the molecule is CN=C(NCCNC(=O)c1ccccc1)N(C)CCC(NC(=O)OC(C)(C)C)C(C)C.I. The summed E-state index contributed by atoms with van der Waals surface area (Å²) >= 11 is 0. The molecular formula is C23H40IN5O3. The number of carbonyl (C=O) groups excluding carboxylic acids is 2. The van der Waals surface area contributed by atoms with Gasteiger partial charge in [-0.1, -0.05) is 32.0 Å². The van der Waals surface area contributed by atoms with Crippen LogP contribution < -0.4 is 16.0 Å². The number of hydrogen-bond donors (Lipinski definition) is 3. The standard InChI is InChI=1S/C23H39N5O3.HI/c1-17(2)19(27-22(30)31-23(3,4)5)13-16-28(7)21(24-6)26-15-14-25-20(29)18-11-9-8-10-12-18;/h8-12,17,19H,13-16H2,1-7H3,(H,24,26)(H,25,29)(H,27,30);1H. The lowest BCUT2D eigenvalue weighted by atomic mass is 10.0. The maximum absolute atomic E-state index is 12.1. The Kier molecular flexibility index (Phi) is 14.0. The summed E-state index contributed by atoms with van der Waals surface area (Å²) in [5.41, 5.74) is 0.116. The average molecular weight is 562 g/mol. The molecule has 1 aromatic carbocycles. The number of nitrogens with one attached hydrogen (secondary N) is 3. The molecule has 32 heavy (non-hydrogen) atoms. The molecule has 8 nitrogen and oxygen atoms in total. The third-order valence-corrected chi connectivity index (χ3v) is 4.59. The fourth-order valence-corrected chi connectivity index (χ4v) is 2.90. The Morgan fingerprint density at radius 2 is 1.69 bits per heavy atom. The van der Waals surface area contributed by atoms with Gasteiger partial charge in [-0.2, -0.15) is 0 Å². The topological polar surface area (TPSA) is 95.1 Å². The van der Waals surface area contributed by atoms with Gasteiger partial charge in [-0.15, -0.1) is 24.0 Å². The third kappa shape index (κ3) is 12.1. The number of alkyl carbamates (subject to hydrolysis) is 1. The van der Waals surface area contributed by atoms with Crippen molar-refractivity contribution in [2.24, 2.45) is 10.9 Å². The lowest BCUT2D eigenvalue weighted by Crippen LogP contribution is -2.46. The highest BCUT2D eigenvalue weighted by molar-refractivity contribution is 14.0. The zero-order chi connectivity index (χ0) is 23.4. The zero-order valence-electron chi connectivity index (χ0n) is 20.4. The van der Waals surface area contributed by atoms with E-state index in [1.807, 2.05) is 50.9 Å². The normalized spacial score (nSPS) is 12.4. The Bertz CT molecular complexity index is 720. The minimum atomic E-state index is -0.524. The molecule has 0 radical (unpaired) electrons. The number of nitrogens with zero attached hydrogens (tertiary/aromatic N) is 2. The summed E-state index contributed by atoms with van der Waals surface area (Å²) in [7, 11) is 3.67. The molecule has 1 unspecified atom stereocenters. The van der Waals surface area contributed by atoms with Crippen LogP contribution in [-0.2, 0) is 4.74 Å². The Balaban J connectivity index is 0.00000961. The molecule has 0 saturated heterocycles. The van der Waals surface area contributed by atoms with Gasteiger partial charge in [-0.05, 0) is 45.2 Å². The average Bonchev–Trinajstić information content (AvgIpc) is 2.69. The van der Waals surface area contributed by atoms with E-state index in [9.17, 15) is 9.59 Å². The second-order valence-corrected chi connectivity index (χ2v) is 8.80. The van der Waals surface area contributed by atoms with Crippen LogP contribution in [0.4, 0.5) is 4.79 Å². The number of amides is 2. The van der Waals surface area contributed by atoms with Crippen molar-refractivity contribution in [3.05, 3.63) is 35.9 Å². The number of aliphatic imine (C=N–C) groups is 1. The van der Waals surface area contributed by atoms with Gasteiger partial charge in [0.2, 0.25) is 0 Å². The molecule has 1 rings (SSSR count). The summed E-state index contributed by atoms with van der Waals surface area (Å²) < 4.78 is 5.38. The van der Waals surface area contributed by atoms with Crippen molar-refractivity contribution in [3.8, 4) is 0 Å². The maximum Gasteiger partial charge on any atom is 0.407 e. The highest BCUT2D eigenvalue weighted by Crippen LogP contribution is 2.11. The molecule has 0 aliphatic rings. The van der Waals surface area contributed by atoms with E-state index in [1.54, 1.807) is 19.2 Å². The van der Waals surface area contributed by atoms with E-state index in [1.165, 1.54) is 0 Å². The van der Waals surface area contributed by atoms with Gasteiger partial charge in [0.05, 0.1) is 0 Å². The fourth-order valence-electron chi connectivity index (χ4n) is 2.90. The van der Waals surface area contributed by atoms with Gasteiger partial charge in [-0.3, -0.25) is 9.79 Å².